The van der Waals surface area contributed by atoms with Crippen LogP contribution in [0.3, 0.4) is 0 Å². The van der Waals surface area contributed by atoms with E-state index >= 15 is 0 Å². The van der Waals surface area contributed by atoms with Crippen LogP contribution in [0, 0.1) is 5.92 Å². The number of likely N-dealkylation sites (tertiary alicyclic amines) is 1. The van der Waals surface area contributed by atoms with Gasteiger partial charge in [0, 0.05) is 19.1 Å². The zero-order valence-electron chi connectivity index (χ0n) is 11.9. The van der Waals surface area contributed by atoms with Crippen molar-refractivity contribution in [2.75, 3.05) is 26.2 Å². The fourth-order valence-electron chi connectivity index (χ4n) is 3.67. The van der Waals surface area contributed by atoms with Crippen LogP contribution in [0.4, 0.5) is 0 Å². The van der Waals surface area contributed by atoms with Crippen LogP contribution in [0.5, 0.6) is 0 Å². The van der Waals surface area contributed by atoms with Crippen molar-refractivity contribution in [1.29, 1.82) is 0 Å². The van der Waals surface area contributed by atoms with E-state index in [1.165, 1.54) is 45.1 Å². The Kier molecular flexibility index (Phi) is 5.93. The molecule has 0 aromatic rings. The average molecular weight is 254 g/mol. The highest BCUT2D eigenvalue weighted by Gasteiger charge is 2.23. The minimum atomic E-state index is -0.135. The molecule has 2 unspecified atom stereocenters. The quantitative estimate of drug-likeness (QED) is 0.729. The third kappa shape index (κ3) is 4.22. The molecule has 2 aliphatic rings. The lowest BCUT2D eigenvalue weighted by atomic mass is 10.00. The van der Waals surface area contributed by atoms with Crippen LogP contribution in [0.25, 0.3) is 0 Å². The van der Waals surface area contributed by atoms with Crippen molar-refractivity contribution < 1.29 is 5.11 Å². The highest BCUT2D eigenvalue weighted by molar-refractivity contribution is 4.80. The van der Waals surface area contributed by atoms with Crippen molar-refractivity contribution in [3.05, 3.63) is 0 Å². The van der Waals surface area contributed by atoms with Gasteiger partial charge in [0.1, 0.15) is 0 Å². The van der Waals surface area contributed by atoms with Gasteiger partial charge >= 0.3 is 0 Å². The Labute approximate surface area is 112 Å². The minimum Gasteiger partial charge on any atom is -0.392 e. The van der Waals surface area contributed by atoms with E-state index in [-0.39, 0.29) is 6.10 Å². The van der Waals surface area contributed by atoms with Crippen molar-refractivity contribution >= 4 is 0 Å². The number of hydrogen-bond acceptors (Lipinski definition) is 3. The molecule has 1 saturated carbocycles. The summed E-state index contributed by atoms with van der Waals surface area (Å²) in [5.74, 6) is 0.792. The molecule has 2 N–H and O–H groups in total. The molecule has 0 spiro atoms. The predicted molar refractivity (Wildman–Crippen MR) is 75.7 cm³/mol. The van der Waals surface area contributed by atoms with Gasteiger partial charge in [-0.3, -0.25) is 4.90 Å². The van der Waals surface area contributed by atoms with Crippen LogP contribution in [0.15, 0.2) is 0 Å². The van der Waals surface area contributed by atoms with Gasteiger partial charge in [-0.15, -0.1) is 0 Å². The third-order valence-corrected chi connectivity index (χ3v) is 4.75. The summed E-state index contributed by atoms with van der Waals surface area (Å²) < 4.78 is 0. The van der Waals surface area contributed by atoms with Gasteiger partial charge < -0.3 is 10.4 Å². The number of nitrogens with zero attached hydrogens (tertiary/aromatic N) is 1. The second-order valence-corrected chi connectivity index (χ2v) is 6.12. The Hall–Kier alpha value is -0.120. The van der Waals surface area contributed by atoms with E-state index in [1.54, 1.807) is 0 Å². The van der Waals surface area contributed by atoms with Crippen LogP contribution < -0.4 is 5.32 Å². The van der Waals surface area contributed by atoms with Crippen molar-refractivity contribution in [3.63, 3.8) is 0 Å². The molecule has 0 radical (unpaired) electrons. The molecule has 3 heteroatoms. The summed E-state index contributed by atoms with van der Waals surface area (Å²) >= 11 is 0. The Morgan fingerprint density at radius 3 is 2.72 bits per heavy atom. The maximum atomic E-state index is 10.0. The fraction of sp³-hybridized carbons (Fsp3) is 1.00. The summed E-state index contributed by atoms with van der Waals surface area (Å²) in [6.07, 6.45) is 8.95. The molecule has 0 amide bonds. The second-order valence-electron chi connectivity index (χ2n) is 6.12. The van der Waals surface area contributed by atoms with Crippen LogP contribution in [-0.4, -0.2) is 48.3 Å². The summed E-state index contributed by atoms with van der Waals surface area (Å²) in [4.78, 5) is 2.55. The Morgan fingerprint density at radius 1 is 1.22 bits per heavy atom. The van der Waals surface area contributed by atoms with E-state index in [1.807, 2.05) is 0 Å². The summed E-state index contributed by atoms with van der Waals surface area (Å²) in [6.45, 7) is 6.50. The molecule has 1 heterocycles. The zero-order valence-corrected chi connectivity index (χ0v) is 11.9. The van der Waals surface area contributed by atoms with Gasteiger partial charge in [0.05, 0.1) is 6.10 Å². The van der Waals surface area contributed by atoms with E-state index in [2.05, 4.69) is 17.1 Å². The molecular formula is C15H30N2O. The molecule has 0 aromatic carbocycles. The van der Waals surface area contributed by atoms with Crippen LogP contribution in [0.2, 0.25) is 0 Å². The molecule has 2 atom stereocenters. The number of aliphatic hydroxyl groups is 1. The van der Waals surface area contributed by atoms with Gasteiger partial charge in [-0.25, -0.2) is 0 Å². The first kappa shape index (κ1) is 14.3. The molecule has 18 heavy (non-hydrogen) atoms. The maximum absolute atomic E-state index is 10.0. The second kappa shape index (κ2) is 7.46. The minimum absolute atomic E-state index is 0.135. The Morgan fingerprint density at radius 2 is 2.00 bits per heavy atom. The largest absolute Gasteiger partial charge is 0.392 e. The van der Waals surface area contributed by atoms with E-state index in [9.17, 15) is 5.11 Å². The van der Waals surface area contributed by atoms with Gasteiger partial charge in [0.25, 0.3) is 0 Å². The number of aliphatic hydroxyl groups excluding tert-OH is 1. The molecular weight excluding hydrogens is 224 g/mol. The third-order valence-electron chi connectivity index (χ3n) is 4.75. The lowest BCUT2D eigenvalue weighted by Gasteiger charge is -2.24. The molecule has 2 rings (SSSR count). The molecule has 0 bridgehead atoms. The average Bonchev–Trinajstić information content (AvgIpc) is 3.00. The van der Waals surface area contributed by atoms with Crippen molar-refractivity contribution in [2.45, 2.75) is 64.0 Å². The van der Waals surface area contributed by atoms with Gasteiger partial charge in [-0.1, -0.05) is 32.6 Å². The van der Waals surface area contributed by atoms with E-state index in [0.717, 1.165) is 32.0 Å². The summed E-state index contributed by atoms with van der Waals surface area (Å²) in [5.41, 5.74) is 0. The summed E-state index contributed by atoms with van der Waals surface area (Å²) in [7, 11) is 0. The highest BCUT2D eigenvalue weighted by atomic mass is 16.3. The molecule has 2 fully saturated rings. The van der Waals surface area contributed by atoms with Crippen LogP contribution >= 0.6 is 0 Å². The Bertz CT molecular complexity index is 229. The van der Waals surface area contributed by atoms with Crippen molar-refractivity contribution in [1.82, 2.24) is 10.2 Å². The highest BCUT2D eigenvalue weighted by Crippen LogP contribution is 2.28. The number of nitrogens with one attached hydrogen (secondary N) is 1. The van der Waals surface area contributed by atoms with Gasteiger partial charge in [-0.2, -0.15) is 0 Å². The zero-order chi connectivity index (χ0) is 12.8. The monoisotopic (exact) mass is 254 g/mol. The molecule has 1 saturated heterocycles. The summed E-state index contributed by atoms with van der Waals surface area (Å²) in [5, 5.41) is 13.5. The lowest BCUT2D eigenvalue weighted by molar-refractivity contribution is 0.137. The van der Waals surface area contributed by atoms with Gasteiger partial charge in [-0.05, 0) is 38.3 Å². The number of likely N-dealkylation sites (N-methyl/N-ethyl adjacent to an activating group) is 1. The first-order chi connectivity index (χ1) is 8.79. The van der Waals surface area contributed by atoms with E-state index < -0.39 is 0 Å². The van der Waals surface area contributed by atoms with Gasteiger partial charge in [0.15, 0.2) is 0 Å². The first-order valence-electron chi connectivity index (χ1n) is 7.92. The lowest BCUT2D eigenvalue weighted by Crippen LogP contribution is -2.40. The van der Waals surface area contributed by atoms with E-state index in [4.69, 9.17) is 0 Å². The predicted octanol–water partition coefficient (Wildman–Crippen LogP) is 2.00. The van der Waals surface area contributed by atoms with Crippen LogP contribution in [0.1, 0.15) is 51.9 Å². The van der Waals surface area contributed by atoms with Crippen molar-refractivity contribution in [3.8, 4) is 0 Å². The van der Waals surface area contributed by atoms with Crippen LogP contribution in [-0.2, 0) is 0 Å². The standard InChI is InChI=1S/C15H30N2O/c1-2-17-9-5-8-14(17)11-16-12-15(18)10-13-6-3-4-7-13/h13-16,18H,2-12H2,1H3. The molecule has 1 aliphatic carbocycles. The van der Waals surface area contributed by atoms with Crippen molar-refractivity contribution in [2.24, 2.45) is 5.92 Å². The first-order valence-corrected chi connectivity index (χ1v) is 7.92. The Balaban J connectivity index is 1.56. The topological polar surface area (TPSA) is 35.5 Å². The molecule has 106 valence electrons. The fourth-order valence-corrected chi connectivity index (χ4v) is 3.67. The summed E-state index contributed by atoms with van der Waals surface area (Å²) in [6, 6.07) is 0.702. The molecule has 3 nitrogen and oxygen atoms in total. The molecule has 1 aliphatic heterocycles. The molecule has 0 aromatic heterocycles. The maximum Gasteiger partial charge on any atom is 0.0667 e. The SMILES string of the molecule is CCN1CCCC1CNCC(O)CC1CCCC1. The smallest absolute Gasteiger partial charge is 0.0667 e. The van der Waals surface area contributed by atoms with E-state index in [0.29, 0.717) is 6.04 Å². The normalized spacial score (nSPS) is 28.0. The van der Waals surface area contributed by atoms with Gasteiger partial charge in [0.2, 0.25) is 0 Å². The number of rotatable bonds is 7. The number of hydrogen-bond donors (Lipinski definition) is 2.